The molecule has 0 amide bonds. The van der Waals surface area contributed by atoms with Gasteiger partial charge in [-0.15, -0.1) is 12.4 Å². The van der Waals surface area contributed by atoms with Crippen LogP contribution in [-0.2, 0) is 6.61 Å². The van der Waals surface area contributed by atoms with Crippen molar-refractivity contribution in [1.82, 2.24) is 4.98 Å². The Labute approximate surface area is 108 Å². The van der Waals surface area contributed by atoms with Crippen molar-refractivity contribution in [3.8, 4) is 5.75 Å². The molecule has 0 saturated carbocycles. The van der Waals surface area contributed by atoms with Crippen molar-refractivity contribution in [2.45, 2.75) is 39.8 Å². The molecule has 0 aromatic carbocycles. The number of pyridine rings is 1. The van der Waals surface area contributed by atoms with E-state index in [1.165, 1.54) is 0 Å². The predicted molar refractivity (Wildman–Crippen MR) is 70.2 cm³/mol. The first-order valence-corrected chi connectivity index (χ1v) is 5.56. The molecule has 0 aliphatic carbocycles. The fourth-order valence-corrected chi connectivity index (χ4v) is 1.69. The molecular formula is C12H21ClN2O2. The minimum Gasteiger partial charge on any atom is -0.506 e. The molecule has 1 aromatic heterocycles. The highest BCUT2D eigenvalue weighted by molar-refractivity contribution is 5.85. The van der Waals surface area contributed by atoms with Gasteiger partial charge >= 0.3 is 0 Å². The zero-order valence-electron chi connectivity index (χ0n) is 10.5. The summed E-state index contributed by atoms with van der Waals surface area (Å²) < 4.78 is 0. The summed E-state index contributed by atoms with van der Waals surface area (Å²) in [5.41, 5.74) is 7.88. The van der Waals surface area contributed by atoms with E-state index < -0.39 is 0 Å². The number of hydrogen-bond acceptors (Lipinski definition) is 4. The molecule has 0 aliphatic rings. The summed E-state index contributed by atoms with van der Waals surface area (Å²) in [7, 11) is 0. The average Bonchev–Trinajstić information content (AvgIpc) is 2.30. The van der Waals surface area contributed by atoms with E-state index in [9.17, 15) is 10.2 Å². The third-order valence-electron chi connectivity index (χ3n) is 3.12. The number of aryl methyl sites for hydroxylation is 1. The lowest BCUT2D eigenvalue weighted by molar-refractivity contribution is 0.276. The van der Waals surface area contributed by atoms with Crippen molar-refractivity contribution in [2.24, 2.45) is 11.7 Å². The van der Waals surface area contributed by atoms with Crippen LogP contribution in [0.15, 0.2) is 6.20 Å². The Kier molecular flexibility index (Phi) is 6.45. The van der Waals surface area contributed by atoms with Gasteiger partial charge in [0.05, 0.1) is 12.3 Å². The number of aliphatic hydroxyl groups excluding tert-OH is 1. The lowest BCUT2D eigenvalue weighted by atomic mass is 9.90. The van der Waals surface area contributed by atoms with Gasteiger partial charge in [0.15, 0.2) is 0 Å². The standard InChI is InChI=1S/C12H20N2O2.ClH/c1-4-7(2)11(13)10-9(6-15)5-14-8(3)12(10)16;/h5,7,11,15-16H,4,6,13H2,1-3H3;1H/t7?,11-;/m1./s1. The van der Waals surface area contributed by atoms with Gasteiger partial charge in [0.1, 0.15) is 5.75 Å². The number of aromatic nitrogens is 1. The Balaban J connectivity index is 0.00000256. The molecule has 2 atom stereocenters. The molecule has 5 heteroatoms. The van der Waals surface area contributed by atoms with Crippen molar-refractivity contribution in [3.05, 3.63) is 23.0 Å². The smallest absolute Gasteiger partial charge is 0.141 e. The van der Waals surface area contributed by atoms with Crippen LogP contribution in [0.5, 0.6) is 5.75 Å². The van der Waals surface area contributed by atoms with Crippen LogP contribution in [0.3, 0.4) is 0 Å². The molecule has 4 N–H and O–H groups in total. The first-order valence-electron chi connectivity index (χ1n) is 5.56. The maximum absolute atomic E-state index is 9.97. The van der Waals surface area contributed by atoms with E-state index in [1.807, 2.05) is 13.8 Å². The molecule has 0 saturated heterocycles. The Morgan fingerprint density at radius 2 is 2.06 bits per heavy atom. The normalized spacial score (nSPS) is 13.9. The fraction of sp³-hybridized carbons (Fsp3) is 0.583. The lowest BCUT2D eigenvalue weighted by Crippen LogP contribution is -2.21. The molecule has 98 valence electrons. The van der Waals surface area contributed by atoms with E-state index in [-0.39, 0.29) is 36.7 Å². The Bertz CT molecular complexity index is 372. The second-order valence-electron chi connectivity index (χ2n) is 4.20. The Morgan fingerprint density at radius 1 is 1.47 bits per heavy atom. The van der Waals surface area contributed by atoms with Gasteiger partial charge in [-0.05, 0) is 12.8 Å². The highest BCUT2D eigenvalue weighted by Gasteiger charge is 2.21. The molecule has 0 spiro atoms. The molecule has 17 heavy (non-hydrogen) atoms. The summed E-state index contributed by atoms with van der Waals surface area (Å²) in [4.78, 5) is 4.01. The van der Waals surface area contributed by atoms with E-state index in [0.717, 1.165) is 6.42 Å². The van der Waals surface area contributed by atoms with Crippen LogP contribution in [0.25, 0.3) is 0 Å². The molecule has 0 radical (unpaired) electrons. The van der Waals surface area contributed by atoms with Crippen LogP contribution >= 0.6 is 12.4 Å². The maximum atomic E-state index is 9.97. The van der Waals surface area contributed by atoms with Crippen LogP contribution in [0, 0.1) is 12.8 Å². The van der Waals surface area contributed by atoms with Gasteiger partial charge in [-0.3, -0.25) is 4.98 Å². The van der Waals surface area contributed by atoms with Gasteiger partial charge in [-0.1, -0.05) is 20.3 Å². The first-order chi connectivity index (χ1) is 7.52. The minimum absolute atomic E-state index is 0. The predicted octanol–water partition coefficient (Wildman–Crippen LogP) is 2.06. The van der Waals surface area contributed by atoms with Gasteiger partial charge in [-0.2, -0.15) is 0 Å². The zero-order valence-corrected chi connectivity index (χ0v) is 11.3. The third-order valence-corrected chi connectivity index (χ3v) is 3.12. The van der Waals surface area contributed by atoms with Crippen molar-refractivity contribution in [2.75, 3.05) is 0 Å². The van der Waals surface area contributed by atoms with Gasteiger partial charge in [-0.25, -0.2) is 0 Å². The van der Waals surface area contributed by atoms with Crippen LogP contribution in [-0.4, -0.2) is 15.2 Å². The molecular weight excluding hydrogens is 240 g/mol. The quantitative estimate of drug-likeness (QED) is 0.774. The number of hydrogen-bond donors (Lipinski definition) is 3. The number of nitrogens with zero attached hydrogens (tertiary/aromatic N) is 1. The Morgan fingerprint density at radius 3 is 2.53 bits per heavy atom. The number of rotatable bonds is 4. The van der Waals surface area contributed by atoms with Crippen LogP contribution in [0.2, 0.25) is 0 Å². The number of aliphatic hydroxyl groups is 1. The van der Waals surface area contributed by atoms with Gasteiger partial charge in [0, 0.05) is 23.4 Å². The van der Waals surface area contributed by atoms with Crippen LogP contribution in [0.4, 0.5) is 0 Å². The van der Waals surface area contributed by atoms with Crippen LogP contribution in [0.1, 0.15) is 43.1 Å². The van der Waals surface area contributed by atoms with E-state index in [0.29, 0.717) is 16.8 Å². The van der Waals surface area contributed by atoms with Gasteiger partial charge < -0.3 is 15.9 Å². The van der Waals surface area contributed by atoms with Crippen LogP contribution < -0.4 is 5.73 Å². The molecule has 1 heterocycles. The number of nitrogens with two attached hydrogens (primary N) is 1. The summed E-state index contributed by atoms with van der Waals surface area (Å²) >= 11 is 0. The summed E-state index contributed by atoms with van der Waals surface area (Å²) in [6, 6.07) is -0.270. The molecule has 1 rings (SSSR count). The first kappa shape index (κ1) is 16.2. The molecule has 0 bridgehead atoms. The summed E-state index contributed by atoms with van der Waals surface area (Å²) in [6.07, 6.45) is 2.50. The van der Waals surface area contributed by atoms with E-state index in [4.69, 9.17) is 5.73 Å². The summed E-state index contributed by atoms with van der Waals surface area (Å²) in [5, 5.41) is 19.2. The molecule has 1 aromatic rings. The lowest BCUT2D eigenvalue weighted by Gasteiger charge is -2.22. The molecule has 1 unspecified atom stereocenters. The zero-order chi connectivity index (χ0) is 12.3. The number of aromatic hydroxyl groups is 1. The summed E-state index contributed by atoms with van der Waals surface area (Å²) in [6.45, 7) is 5.65. The topological polar surface area (TPSA) is 79.4 Å². The van der Waals surface area contributed by atoms with Crippen molar-refractivity contribution >= 4 is 12.4 Å². The van der Waals surface area contributed by atoms with Crippen molar-refractivity contribution in [1.29, 1.82) is 0 Å². The average molecular weight is 261 g/mol. The van der Waals surface area contributed by atoms with E-state index >= 15 is 0 Å². The largest absolute Gasteiger partial charge is 0.506 e. The highest BCUT2D eigenvalue weighted by Crippen LogP contribution is 2.33. The molecule has 4 nitrogen and oxygen atoms in total. The highest BCUT2D eigenvalue weighted by atomic mass is 35.5. The van der Waals surface area contributed by atoms with Gasteiger partial charge in [0.25, 0.3) is 0 Å². The molecule has 0 fully saturated rings. The second-order valence-corrected chi connectivity index (χ2v) is 4.20. The minimum atomic E-state index is -0.270. The van der Waals surface area contributed by atoms with E-state index in [1.54, 1.807) is 13.1 Å². The van der Waals surface area contributed by atoms with E-state index in [2.05, 4.69) is 4.98 Å². The fourth-order valence-electron chi connectivity index (χ4n) is 1.69. The molecule has 0 aliphatic heterocycles. The maximum Gasteiger partial charge on any atom is 0.141 e. The van der Waals surface area contributed by atoms with Gasteiger partial charge in [0.2, 0.25) is 0 Å². The monoisotopic (exact) mass is 260 g/mol. The van der Waals surface area contributed by atoms with Crippen molar-refractivity contribution < 1.29 is 10.2 Å². The SMILES string of the molecule is CCC(C)[C@@H](N)c1c(CO)cnc(C)c1O.Cl. The summed E-state index contributed by atoms with van der Waals surface area (Å²) in [5.74, 6) is 0.359. The third kappa shape index (κ3) is 3.31. The second kappa shape index (κ2) is 6.79. The number of halogens is 1. The van der Waals surface area contributed by atoms with Crippen molar-refractivity contribution in [3.63, 3.8) is 0 Å². The Hall–Kier alpha value is -0.840.